The molecule has 0 aliphatic heterocycles. The Bertz CT molecular complexity index is 238. The fourth-order valence-electron chi connectivity index (χ4n) is 0.947. The minimum absolute atomic E-state index is 0. The van der Waals surface area contributed by atoms with Crippen molar-refractivity contribution in [2.75, 3.05) is 19.0 Å². The van der Waals surface area contributed by atoms with Crippen LogP contribution in [0, 0.1) is 6.92 Å². The molecule has 0 unspecified atom stereocenters. The minimum atomic E-state index is 0. The third kappa shape index (κ3) is 6.30. The van der Waals surface area contributed by atoms with E-state index in [4.69, 9.17) is 0 Å². The molecule has 76 valence electrons. The van der Waals surface area contributed by atoms with Gasteiger partial charge in [0.2, 0.25) is 0 Å². The summed E-state index contributed by atoms with van der Waals surface area (Å²) in [6.45, 7) is 8.21. The van der Waals surface area contributed by atoms with Gasteiger partial charge in [-0.3, -0.25) is 0 Å². The van der Waals surface area contributed by atoms with E-state index in [0.29, 0.717) is 0 Å². The fourth-order valence-corrected chi connectivity index (χ4v) is 0.947. The van der Waals surface area contributed by atoms with Crippen LogP contribution in [-0.2, 0) is 21.7 Å². The second kappa shape index (κ2) is 9.38. The number of nitrogens with zero attached hydrogens (tertiary/aromatic N) is 1. The fraction of sp³-hybridized carbons (Fsp3) is 0.364. The smallest absolute Gasteiger partial charge is 0.0307 e. The number of benzene rings is 1. The average molecular weight is 240 g/mol. The number of anilines is 1. The molecule has 0 amide bonds. The van der Waals surface area contributed by atoms with E-state index in [1.54, 1.807) is 0 Å². The van der Waals surface area contributed by atoms with Crippen molar-refractivity contribution in [2.24, 2.45) is 0 Å². The summed E-state index contributed by atoms with van der Waals surface area (Å²) < 4.78 is 0. The molecule has 0 saturated carbocycles. The number of para-hydroxylation sites is 1. The Morgan fingerprint density at radius 2 is 1.57 bits per heavy atom. The van der Waals surface area contributed by atoms with E-state index in [1.165, 1.54) is 5.69 Å². The quantitative estimate of drug-likeness (QED) is 0.539. The summed E-state index contributed by atoms with van der Waals surface area (Å²) in [7, 11) is 5.12. The first kappa shape index (κ1) is 16.3. The predicted octanol–water partition coefficient (Wildman–Crippen LogP) is 2.72. The van der Waals surface area contributed by atoms with Crippen molar-refractivity contribution in [2.45, 2.75) is 13.1 Å². The van der Waals surface area contributed by atoms with Crippen LogP contribution in [0.4, 0.5) is 5.69 Å². The van der Waals surface area contributed by atoms with Crippen molar-refractivity contribution < 1.29 is 21.7 Å². The van der Waals surface area contributed by atoms with E-state index in [1.807, 2.05) is 32.3 Å². The molecule has 1 rings (SSSR count). The van der Waals surface area contributed by atoms with Crippen LogP contribution in [0.25, 0.3) is 0 Å². The first-order valence-electron chi connectivity index (χ1n) is 4.30. The van der Waals surface area contributed by atoms with E-state index in [2.05, 4.69) is 31.0 Å². The zero-order valence-electron chi connectivity index (χ0n) is 9.46. The molecule has 0 spiro atoms. The van der Waals surface area contributed by atoms with Gasteiger partial charge in [0, 0.05) is 31.2 Å². The summed E-state index contributed by atoms with van der Waals surface area (Å²) >= 11 is 0. The van der Waals surface area contributed by atoms with E-state index in [9.17, 15) is 0 Å². The van der Waals surface area contributed by atoms with Crippen LogP contribution in [0.1, 0.15) is 5.56 Å². The Labute approximate surface area is 106 Å². The molecular formula is C11H18NSiTi-. The normalized spacial score (nSPS) is 8.00. The first-order valence-corrected chi connectivity index (χ1v) is 6.30. The van der Waals surface area contributed by atoms with Crippen LogP contribution in [0.5, 0.6) is 0 Å². The van der Waals surface area contributed by atoms with Crippen LogP contribution < -0.4 is 4.90 Å². The van der Waals surface area contributed by atoms with Crippen LogP contribution >= 0.6 is 0 Å². The molecular weight excluding hydrogens is 222 g/mol. The summed E-state index contributed by atoms with van der Waals surface area (Å²) in [6.07, 6.45) is 0. The Balaban J connectivity index is 0. The van der Waals surface area contributed by atoms with Crippen LogP contribution in [0.2, 0.25) is 13.1 Å². The molecule has 1 aromatic rings. The molecule has 0 saturated heterocycles. The summed E-state index contributed by atoms with van der Waals surface area (Å²) in [6, 6.07) is 8.08. The van der Waals surface area contributed by atoms with E-state index in [0.717, 1.165) is 15.1 Å². The van der Waals surface area contributed by atoms with E-state index in [-0.39, 0.29) is 21.7 Å². The third-order valence-electron chi connectivity index (χ3n) is 1.47. The van der Waals surface area contributed by atoms with Gasteiger partial charge < -0.3 is 4.90 Å². The van der Waals surface area contributed by atoms with Gasteiger partial charge >= 0.3 is 0 Å². The Kier molecular flexibility index (Phi) is 10.9. The number of hydrogen-bond acceptors (Lipinski definition) is 1. The van der Waals surface area contributed by atoms with Crippen LogP contribution in [-0.4, -0.2) is 23.6 Å². The van der Waals surface area contributed by atoms with Gasteiger partial charge in [0.1, 0.15) is 0 Å². The van der Waals surface area contributed by atoms with Gasteiger partial charge in [-0.25, -0.2) is 0 Å². The second-order valence-corrected chi connectivity index (χ2v) is 4.02. The van der Waals surface area contributed by atoms with Gasteiger partial charge in [-0.2, -0.15) is 18.6 Å². The largest absolute Gasteiger partial charge is 0.428 e. The second-order valence-electron chi connectivity index (χ2n) is 3.02. The molecule has 3 heteroatoms. The average Bonchev–Trinajstić information content (AvgIpc) is 2.06. The molecule has 0 aliphatic carbocycles. The summed E-state index contributed by atoms with van der Waals surface area (Å²) in [5.41, 5.74) is 2.26. The maximum Gasteiger partial charge on any atom is 0.0307 e. The van der Waals surface area contributed by atoms with Crippen molar-refractivity contribution in [3.63, 3.8) is 0 Å². The SMILES string of the molecule is C[Si]C.[CH2-]c1ccccc1N(C)C.[Ti]. The monoisotopic (exact) mass is 240 g/mol. The van der Waals surface area contributed by atoms with Gasteiger partial charge in [0.05, 0.1) is 0 Å². The van der Waals surface area contributed by atoms with Crippen LogP contribution in [0.3, 0.4) is 0 Å². The molecule has 0 aromatic heterocycles. The van der Waals surface area contributed by atoms with Gasteiger partial charge in [-0.1, -0.05) is 30.9 Å². The molecule has 14 heavy (non-hydrogen) atoms. The van der Waals surface area contributed by atoms with Crippen molar-refractivity contribution in [1.82, 2.24) is 0 Å². The zero-order chi connectivity index (χ0) is 10.3. The number of rotatable bonds is 1. The molecule has 0 atom stereocenters. The summed E-state index contributed by atoms with van der Waals surface area (Å²) in [4.78, 5) is 2.06. The third-order valence-corrected chi connectivity index (χ3v) is 1.47. The van der Waals surface area contributed by atoms with Crippen molar-refractivity contribution in [3.8, 4) is 0 Å². The molecule has 0 heterocycles. The Hall–Kier alpha value is -0.179. The van der Waals surface area contributed by atoms with Gasteiger partial charge in [-0.05, 0) is 14.1 Å². The Morgan fingerprint density at radius 3 is 1.86 bits per heavy atom. The van der Waals surface area contributed by atoms with Gasteiger partial charge in [0.15, 0.2) is 0 Å². The molecule has 0 aliphatic rings. The maximum absolute atomic E-state index is 3.90. The zero-order valence-corrected chi connectivity index (χ0v) is 12.0. The van der Waals surface area contributed by atoms with Gasteiger partial charge in [-0.15, -0.1) is 6.07 Å². The first-order chi connectivity index (χ1) is 6.13. The molecule has 0 bridgehead atoms. The summed E-state index contributed by atoms with van der Waals surface area (Å²) in [5, 5.41) is 0. The standard InChI is InChI=1S/C9H12N.C2H6Si.Ti/c1-8-6-4-5-7-9(8)10(2)3;1-3-2;/h4-7H,1H2,2-3H3;1-2H3;/q-1;;. The van der Waals surface area contributed by atoms with Crippen LogP contribution in [0.15, 0.2) is 24.3 Å². The molecule has 1 aromatic carbocycles. The Morgan fingerprint density at radius 1 is 1.14 bits per heavy atom. The van der Waals surface area contributed by atoms with Crippen molar-refractivity contribution in [3.05, 3.63) is 36.8 Å². The molecule has 2 radical (unpaired) electrons. The molecule has 0 fully saturated rings. The summed E-state index contributed by atoms with van der Waals surface area (Å²) in [5.74, 6) is 0. The molecule has 0 N–H and O–H groups in total. The van der Waals surface area contributed by atoms with Gasteiger partial charge in [0.25, 0.3) is 0 Å². The topological polar surface area (TPSA) is 3.24 Å². The van der Waals surface area contributed by atoms with E-state index < -0.39 is 0 Å². The molecule has 1 nitrogen and oxygen atoms in total. The van der Waals surface area contributed by atoms with Crippen molar-refractivity contribution >= 4 is 15.2 Å². The number of hydrogen-bond donors (Lipinski definition) is 0. The predicted molar refractivity (Wildman–Crippen MR) is 62.7 cm³/mol. The van der Waals surface area contributed by atoms with Crippen molar-refractivity contribution in [1.29, 1.82) is 0 Å². The van der Waals surface area contributed by atoms with E-state index >= 15 is 0 Å². The maximum atomic E-state index is 3.90. The minimum Gasteiger partial charge on any atom is -0.428 e.